The third kappa shape index (κ3) is 4.90. The summed E-state index contributed by atoms with van der Waals surface area (Å²) in [7, 11) is 1.60. The molecule has 1 aliphatic rings. The first-order valence-corrected chi connectivity index (χ1v) is 12.0. The lowest BCUT2D eigenvalue weighted by Crippen LogP contribution is -2.45. The van der Waals surface area contributed by atoms with E-state index in [-0.39, 0.29) is 24.7 Å². The third-order valence-corrected chi connectivity index (χ3v) is 6.45. The molecule has 1 saturated heterocycles. The lowest BCUT2D eigenvalue weighted by atomic mass is 10.2. The van der Waals surface area contributed by atoms with Crippen molar-refractivity contribution in [3.63, 3.8) is 0 Å². The average molecular weight is 491 g/mol. The average Bonchev–Trinajstić information content (AvgIpc) is 3.68. The Morgan fingerprint density at radius 3 is 2.69 bits per heavy atom. The quantitative estimate of drug-likeness (QED) is 0.387. The van der Waals surface area contributed by atoms with Crippen LogP contribution in [0.25, 0.3) is 22.0 Å². The van der Waals surface area contributed by atoms with E-state index in [1.807, 2.05) is 36.4 Å². The summed E-state index contributed by atoms with van der Waals surface area (Å²) < 4.78 is 10.5. The third-order valence-electron chi connectivity index (χ3n) is 5.55. The summed E-state index contributed by atoms with van der Waals surface area (Å²) in [4.78, 5) is 39.0. The van der Waals surface area contributed by atoms with Crippen LogP contribution < -0.4 is 4.74 Å². The second-order valence-electron chi connectivity index (χ2n) is 7.82. The number of hydrazine groups is 1. The zero-order valence-corrected chi connectivity index (χ0v) is 19.8. The van der Waals surface area contributed by atoms with Crippen LogP contribution in [-0.4, -0.2) is 62.1 Å². The first-order chi connectivity index (χ1) is 17.1. The minimum atomic E-state index is -0.290. The summed E-state index contributed by atoms with van der Waals surface area (Å²) in [5, 5.41) is 9.39. The predicted octanol–water partition coefficient (Wildman–Crippen LogP) is 3.49. The minimum absolute atomic E-state index is 0.145. The number of hydrogen-bond donors (Lipinski definition) is 0. The largest absolute Gasteiger partial charge is 0.497 e. The highest BCUT2D eigenvalue weighted by atomic mass is 32.1. The van der Waals surface area contributed by atoms with Crippen LogP contribution >= 0.6 is 11.3 Å². The standard InChI is InChI=1S/C24H22N6O4S/c1-33-18-7-5-16(6-8-18)22-27-20(34-28-22)9-10-21(31)29-12-3-13-30(29)24(32)19-15-35-23(26-19)17-4-2-11-25-14-17/h2,4-8,11,14-15H,3,9-10,12-13H2,1H3. The highest BCUT2D eigenvalue weighted by molar-refractivity contribution is 7.13. The Morgan fingerprint density at radius 1 is 1.09 bits per heavy atom. The molecule has 0 radical (unpaired) electrons. The zero-order chi connectivity index (χ0) is 24.2. The van der Waals surface area contributed by atoms with Crippen molar-refractivity contribution in [2.75, 3.05) is 20.2 Å². The van der Waals surface area contributed by atoms with Gasteiger partial charge in [-0.15, -0.1) is 11.3 Å². The molecule has 35 heavy (non-hydrogen) atoms. The van der Waals surface area contributed by atoms with Crippen molar-refractivity contribution >= 4 is 23.2 Å². The van der Waals surface area contributed by atoms with E-state index in [0.29, 0.717) is 41.9 Å². The molecular formula is C24H22N6O4S. The Labute approximate surface area is 205 Å². The molecule has 0 bridgehead atoms. The molecule has 0 spiro atoms. The van der Waals surface area contributed by atoms with Crippen molar-refractivity contribution in [3.05, 3.63) is 65.8 Å². The number of aromatic nitrogens is 4. The topological polar surface area (TPSA) is 115 Å². The molecule has 4 aromatic rings. The number of hydrogen-bond acceptors (Lipinski definition) is 9. The molecule has 0 unspecified atom stereocenters. The maximum Gasteiger partial charge on any atom is 0.291 e. The van der Waals surface area contributed by atoms with Crippen LogP contribution in [0.1, 0.15) is 29.2 Å². The van der Waals surface area contributed by atoms with Crippen LogP contribution in [0.4, 0.5) is 0 Å². The van der Waals surface area contributed by atoms with E-state index in [2.05, 4.69) is 20.1 Å². The fraction of sp³-hybridized carbons (Fsp3) is 0.250. The molecule has 2 amide bonds. The smallest absolute Gasteiger partial charge is 0.291 e. The summed E-state index contributed by atoms with van der Waals surface area (Å²) in [6.45, 7) is 0.942. The summed E-state index contributed by atoms with van der Waals surface area (Å²) in [6, 6.07) is 11.0. The number of nitrogens with zero attached hydrogens (tertiary/aromatic N) is 6. The molecule has 1 fully saturated rings. The highest BCUT2D eigenvalue weighted by Gasteiger charge is 2.32. The molecule has 11 heteroatoms. The minimum Gasteiger partial charge on any atom is -0.497 e. The summed E-state index contributed by atoms with van der Waals surface area (Å²) in [5.41, 5.74) is 1.95. The Hall–Kier alpha value is -4.12. The first kappa shape index (κ1) is 22.7. The van der Waals surface area contributed by atoms with Crippen LogP contribution in [0.15, 0.2) is 58.7 Å². The molecule has 10 nitrogen and oxygen atoms in total. The molecule has 1 aromatic carbocycles. The molecule has 0 saturated carbocycles. The maximum absolute atomic E-state index is 13.1. The number of ether oxygens (including phenoxy) is 1. The van der Waals surface area contributed by atoms with Crippen molar-refractivity contribution in [1.29, 1.82) is 0 Å². The predicted molar refractivity (Wildman–Crippen MR) is 127 cm³/mol. The van der Waals surface area contributed by atoms with Crippen molar-refractivity contribution in [1.82, 2.24) is 30.1 Å². The number of methoxy groups -OCH3 is 1. The number of rotatable bonds is 7. The normalized spacial score (nSPS) is 13.3. The van der Waals surface area contributed by atoms with Gasteiger partial charge in [0.15, 0.2) is 0 Å². The number of carbonyl (C=O) groups is 2. The van der Waals surface area contributed by atoms with Crippen molar-refractivity contribution in [3.8, 4) is 27.7 Å². The number of carbonyl (C=O) groups excluding carboxylic acids is 2. The van der Waals surface area contributed by atoms with E-state index in [9.17, 15) is 9.59 Å². The summed E-state index contributed by atoms with van der Waals surface area (Å²) in [6.07, 6.45) is 4.52. The Balaban J connectivity index is 1.21. The summed E-state index contributed by atoms with van der Waals surface area (Å²) in [5.74, 6) is 1.08. The monoisotopic (exact) mass is 490 g/mol. The molecular weight excluding hydrogens is 468 g/mol. The van der Waals surface area contributed by atoms with Gasteiger partial charge in [-0.05, 0) is 42.8 Å². The molecule has 0 N–H and O–H groups in total. The number of thiazole rings is 1. The molecule has 4 heterocycles. The second kappa shape index (κ2) is 10.0. The van der Waals surface area contributed by atoms with Gasteiger partial charge in [-0.25, -0.2) is 9.99 Å². The van der Waals surface area contributed by atoms with E-state index in [0.717, 1.165) is 16.9 Å². The van der Waals surface area contributed by atoms with E-state index < -0.39 is 0 Å². The van der Waals surface area contributed by atoms with E-state index in [1.54, 1.807) is 24.9 Å². The van der Waals surface area contributed by atoms with Crippen LogP contribution in [0.2, 0.25) is 0 Å². The first-order valence-electron chi connectivity index (χ1n) is 11.1. The zero-order valence-electron chi connectivity index (χ0n) is 19.0. The lowest BCUT2D eigenvalue weighted by Gasteiger charge is -2.27. The Kier molecular flexibility index (Phi) is 6.49. The van der Waals surface area contributed by atoms with E-state index in [4.69, 9.17) is 9.26 Å². The SMILES string of the molecule is COc1ccc(-c2noc(CCC(=O)N3CCCN3C(=O)c3csc(-c4cccnc4)n3)n2)cc1. The fourth-order valence-electron chi connectivity index (χ4n) is 3.76. The van der Waals surface area contributed by atoms with Crippen LogP contribution in [0.3, 0.4) is 0 Å². The second-order valence-corrected chi connectivity index (χ2v) is 8.68. The molecule has 0 atom stereocenters. The van der Waals surface area contributed by atoms with Crippen molar-refractivity contribution in [2.24, 2.45) is 0 Å². The summed E-state index contributed by atoms with van der Waals surface area (Å²) >= 11 is 1.37. The van der Waals surface area contributed by atoms with E-state index in [1.165, 1.54) is 21.4 Å². The maximum atomic E-state index is 13.1. The van der Waals surface area contributed by atoms with Gasteiger partial charge in [0.1, 0.15) is 16.5 Å². The van der Waals surface area contributed by atoms with Gasteiger partial charge in [0, 0.05) is 54.8 Å². The van der Waals surface area contributed by atoms with Crippen LogP contribution in [-0.2, 0) is 11.2 Å². The fourth-order valence-corrected chi connectivity index (χ4v) is 4.55. The molecule has 0 aliphatic carbocycles. The molecule has 5 rings (SSSR count). The number of aryl methyl sites for hydroxylation is 1. The van der Waals surface area contributed by atoms with Crippen LogP contribution in [0.5, 0.6) is 5.75 Å². The van der Waals surface area contributed by atoms with Crippen LogP contribution in [0, 0.1) is 0 Å². The van der Waals surface area contributed by atoms with Gasteiger partial charge in [-0.2, -0.15) is 4.98 Å². The number of benzene rings is 1. The molecule has 178 valence electrons. The van der Waals surface area contributed by atoms with Crippen molar-refractivity contribution < 1.29 is 18.8 Å². The Morgan fingerprint density at radius 2 is 1.91 bits per heavy atom. The van der Waals surface area contributed by atoms with Gasteiger partial charge in [0.25, 0.3) is 5.91 Å². The van der Waals surface area contributed by atoms with Gasteiger partial charge in [0.2, 0.25) is 17.6 Å². The molecule has 1 aliphatic heterocycles. The van der Waals surface area contributed by atoms with E-state index >= 15 is 0 Å². The lowest BCUT2D eigenvalue weighted by molar-refractivity contribution is -0.140. The molecule has 3 aromatic heterocycles. The number of amides is 2. The van der Waals surface area contributed by atoms with Gasteiger partial charge in [-0.1, -0.05) is 5.16 Å². The highest BCUT2D eigenvalue weighted by Crippen LogP contribution is 2.25. The Bertz CT molecular complexity index is 1320. The van der Waals surface area contributed by atoms with Gasteiger partial charge >= 0.3 is 0 Å². The van der Waals surface area contributed by atoms with Gasteiger partial charge < -0.3 is 9.26 Å². The van der Waals surface area contributed by atoms with Crippen molar-refractivity contribution in [2.45, 2.75) is 19.3 Å². The van der Waals surface area contributed by atoms with Gasteiger partial charge in [0.05, 0.1) is 7.11 Å². The van der Waals surface area contributed by atoms with Gasteiger partial charge in [-0.3, -0.25) is 19.6 Å². The number of pyridine rings is 1.